The number of carbonyl (C=O) groups excluding carboxylic acids is 1. The Morgan fingerprint density at radius 3 is 2.83 bits per heavy atom. The van der Waals surface area contributed by atoms with Crippen LogP contribution >= 0.6 is 11.3 Å². The van der Waals surface area contributed by atoms with Crippen molar-refractivity contribution < 1.29 is 9.90 Å². The van der Waals surface area contributed by atoms with Gasteiger partial charge in [0.15, 0.2) is 0 Å². The molecule has 0 aliphatic carbocycles. The molecule has 1 amide bonds. The van der Waals surface area contributed by atoms with Gasteiger partial charge in [0.1, 0.15) is 4.88 Å². The molecule has 2 aromatic heterocycles. The summed E-state index contributed by atoms with van der Waals surface area (Å²) in [4.78, 5) is 28.0. The van der Waals surface area contributed by atoms with Crippen molar-refractivity contribution in [2.45, 2.75) is 39.2 Å². The molecule has 128 valence electrons. The van der Waals surface area contributed by atoms with Crippen LogP contribution in [0.5, 0.6) is 0 Å². The number of likely N-dealkylation sites (tertiary alicyclic amines) is 1. The van der Waals surface area contributed by atoms with E-state index in [1.807, 2.05) is 6.92 Å². The average Bonchev–Trinajstić information content (AvgIpc) is 3.12. The average molecular weight is 346 g/mol. The maximum atomic E-state index is 12.8. The van der Waals surface area contributed by atoms with E-state index >= 15 is 0 Å². The van der Waals surface area contributed by atoms with Crippen molar-refractivity contribution in [1.29, 1.82) is 0 Å². The van der Waals surface area contributed by atoms with Crippen molar-refractivity contribution >= 4 is 17.2 Å². The normalized spacial score (nSPS) is 20.8. The fourth-order valence-corrected chi connectivity index (χ4v) is 3.97. The molecule has 1 N–H and O–H groups in total. The van der Waals surface area contributed by atoms with Crippen LogP contribution < -0.4 is 0 Å². The Hall–Kier alpha value is -1.86. The Kier molecular flexibility index (Phi) is 4.91. The molecule has 0 spiro atoms. The van der Waals surface area contributed by atoms with Gasteiger partial charge in [-0.05, 0) is 13.3 Å². The third-order valence-electron chi connectivity index (χ3n) is 4.28. The number of carbonyl (C=O) groups is 1. The molecule has 2 aromatic rings. The molecule has 0 bridgehead atoms. The van der Waals surface area contributed by atoms with E-state index in [-0.39, 0.29) is 11.8 Å². The molecular formula is C17H22N4O2S. The third kappa shape index (κ3) is 3.47. The van der Waals surface area contributed by atoms with Crippen LogP contribution in [0.1, 0.15) is 45.8 Å². The lowest BCUT2D eigenvalue weighted by Crippen LogP contribution is -2.29. The number of β-amino-alcohol motifs (C(OH)–C–C–N with tert-alkyl or cyclic N) is 1. The topological polar surface area (TPSA) is 79.2 Å². The van der Waals surface area contributed by atoms with Gasteiger partial charge in [0, 0.05) is 43.5 Å². The summed E-state index contributed by atoms with van der Waals surface area (Å²) < 4.78 is 0. The third-order valence-corrected chi connectivity index (χ3v) is 5.73. The van der Waals surface area contributed by atoms with Crippen molar-refractivity contribution in [3.63, 3.8) is 0 Å². The molecule has 3 heterocycles. The molecular weight excluding hydrogens is 324 g/mol. The van der Waals surface area contributed by atoms with Gasteiger partial charge in [0.2, 0.25) is 0 Å². The number of aryl methyl sites for hydroxylation is 1. The summed E-state index contributed by atoms with van der Waals surface area (Å²) in [5, 5.41) is 11.3. The van der Waals surface area contributed by atoms with Gasteiger partial charge in [-0.1, -0.05) is 13.8 Å². The Balaban J connectivity index is 1.71. The van der Waals surface area contributed by atoms with Crippen LogP contribution in [0.4, 0.5) is 0 Å². The number of nitrogens with zero attached hydrogens (tertiary/aromatic N) is 4. The summed E-state index contributed by atoms with van der Waals surface area (Å²) in [7, 11) is 0. The maximum Gasteiger partial charge on any atom is 0.265 e. The lowest BCUT2D eigenvalue weighted by Gasteiger charge is -2.15. The predicted molar refractivity (Wildman–Crippen MR) is 92.1 cm³/mol. The molecule has 0 unspecified atom stereocenters. The number of aromatic nitrogens is 3. The van der Waals surface area contributed by atoms with E-state index in [1.165, 1.54) is 11.3 Å². The van der Waals surface area contributed by atoms with Crippen molar-refractivity contribution in [2.24, 2.45) is 5.92 Å². The van der Waals surface area contributed by atoms with Crippen LogP contribution in [0.15, 0.2) is 18.6 Å². The second kappa shape index (κ2) is 6.94. The number of amides is 1. The van der Waals surface area contributed by atoms with Crippen molar-refractivity contribution in [3.8, 4) is 0 Å². The molecule has 1 saturated heterocycles. The fraction of sp³-hybridized carbons (Fsp3) is 0.529. The van der Waals surface area contributed by atoms with E-state index in [4.69, 9.17) is 0 Å². The summed E-state index contributed by atoms with van der Waals surface area (Å²) in [6.07, 6.45) is 5.07. The summed E-state index contributed by atoms with van der Waals surface area (Å²) in [5.41, 5.74) is 1.62. The van der Waals surface area contributed by atoms with Crippen molar-refractivity contribution in [3.05, 3.63) is 39.9 Å². The first-order valence-electron chi connectivity index (χ1n) is 8.15. The summed E-state index contributed by atoms with van der Waals surface area (Å²) in [6, 6.07) is 0. The zero-order chi connectivity index (χ0) is 17.3. The van der Waals surface area contributed by atoms with Gasteiger partial charge in [0.05, 0.1) is 22.5 Å². The lowest BCUT2D eigenvalue weighted by molar-refractivity contribution is 0.0768. The number of aliphatic hydroxyl groups is 1. The molecule has 7 heteroatoms. The molecule has 0 saturated carbocycles. The fourth-order valence-electron chi connectivity index (χ4n) is 2.93. The first kappa shape index (κ1) is 17.0. The van der Waals surface area contributed by atoms with E-state index in [0.29, 0.717) is 30.3 Å². The summed E-state index contributed by atoms with van der Waals surface area (Å²) in [6.45, 7) is 6.91. The Morgan fingerprint density at radius 1 is 1.42 bits per heavy atom. The monoisotopic (exact) mass is 346 g/mol. The SMILES string of the molecule is Cc1nc(C(C)C)sc1C(=O)N1C[C@@H](Cc2cnccn2)[C@H](O)C1. The number of thiazole rings is 1. The van der Waals surface area contributed by atoms with Crippen molar-refractivity contribution in [2.75, 3.05) is 13.1 Å². The molecule has 2 atom stereocenters. The maximum absolute atomic E-state index is 12.8. The predicted octanol–water partition coefficient (Wildman–Crippen LogP) is 2.04. The van der Waals surface area contributed by atoms with E-state index in [2.05, 4.69) is 28.8 Å². The minimum atomic E-state index is -0.534. The van der Waals surface area contributed by atoms with E-state index in [0.717, 1.165) is 16.4 Å². The molecule has 1 fully saturated rings. The first-order chi connectivity index (χ1) is 11.5. The summed E-state index contributed by atoms with van der Waals surface area (Å²) >= 11 is 1.46. The van der Waals surface area contributed by atoms with Gasteiger partial charge < -0.3 is 10.0 Å². The molecule has 0 aromatic carbocycles. The van der Waals surface area contributed by atoms with Crippen molar-refractivity contribution in [1.82, 2.24) is 19.9 Å². The number of rotatable bonds is 4. The molecule has 6 nitrogen and oxygen atoms in total. The van der Waals surface area contributed by atoms with E-state index in [1.54, 1.807) is 23.5 Å². The zero-order valence-corrected chi connectivity index (χ0v) is 15.0. The highest BCUT2D eigenvalue weighted by molar-refractivity contribution is 7.13. The molecule has 24 heavy (non-hydrogen) atoms. The minimum Gasteiger partial charge on any atom is -0.391 e. The van der Waals surface area contributed by atoms with E-state index < -0.39 is 6.10 Å². The Bertz CT molecular complexity index is 717. The van der Waals surface area contributed by atoms with Gasteiger partial charge in [-0.2, -0.15) is 0 Å². The van der Waals surface area contributed by atoms with Gasteiger partial charge in [-0.3, -0.25) is 14.8 Å². The smallest absolute Gasteiger partial charge is 0.265 e. The zero-order valence-electron chi connectivity index (χ0n) is 14.1. The Morgan fingerprint density at radius 2 is 2.21 bits per heavy atom. The minimum absolute atomic E-state index is 0.0107. The largest absolute Gasteiger partial charge is 0.391 e. The quantitative estimate of drug-likeness (QED) is 0.916. The standard InChI is InChI=1S/C17H22N4O2S/c1-10(2)16-20-11(3)15(24-16)17(23)21-8-12(14(22)9-21)6-13-7-18-4-5-19-13/h4-5,7,10,12,14,22H,6,8-9H2,1-3H3/t12-,14-/m1/s1. The van der Waals surface area contributed by atoms with Crippen LogP contribution in [0.2, 0.25) is 0 Å². The van der Waals surface area contributed by atoms with Gasteiger partial charge >= 0.3 is 0 Å². The molecule has 1 aliphatic rings. The lowest BCUT2D eigenvalue weighted by atomic mass is 10.0. The number of hydrogen-bond acceptors (Lipinski definition) is 6. The Labute approximate surface area is 145 Å². The van der Waals surface area contributed by atoms with Crippen LogP contribution in [0, 0.1) is 12.8 Å². The van der Waals surface area contributed by atoms with Crippen LogP contribution in [0.25, 0.3) is 0 Å². The number of aliphatic hydroxyl groups excluding tert-OH is 1. The summed E-state index contributed by atoms with van der Waals surface area (Å²) in [5.74, 6) is 0.268. The van der Waals surface area contributed by atoms with Crippen LogP contribution in [-0.4, -0.2) is 50.1 Å². The second-order valence-corrected chi connectivity index (χ2v) is 7.59. The highest BCUT2D eigenvalue weighted by atomic mass is 32.1. The van der Waals surface area contributed by atoms with E-state index in [9.17, 15) is 9.90 Å². The van der Waals surface area contributed by atoms with Gasteiger partial charge in [-0.15, -0.1) is 11.3 Å². The van der Waals surface area contributed by atoms with Crippen LogP contribution in [0.3, 0.4) is 0 Å². The molecule has 0 radical (unpaired) electrons. The van der Waals surface area contributed by atoms with Gasteiger partial charge in [-0.25, -0.2) is 4.98 Å². The molecule has 3 rings (SSSR count). The highest BCUT2D eigenvalue weighted by Crippen LogP contribution is 2.28. The molecule has 1 aliphatic heterocycles. The highest BCUT2D eigenvalue weighted by Gasteiger charge is 2.35. The number of hydrogen-bond donors (Lipinski definition) is 1. The second-order valence-electron chi connectivity index (χ2n) is 6.56. The van der Waals surface area contributed by atoms with Gasteiger partial charge in [0.25, 0.3) is 5.91 Å². The van der Waals surface area contributed by atoms with Crippen LogP contribution in [-0.2, 0) is 6.42 Å². The first-order valence-corrected chi connectivity index (χ1v) is 8.97.